The number of esters is 1. The van der Waals surface area contributed by atoms with Crippen molar-refractivity contribution in [1.82, 2.24) is 4.98 Å². The van der Waals surface area contributed by atoms with Crippen LogP contribution in [0.25, 0.3) is 0 Å². The van der Waals surface area contributed by atoms with Crippen LogP contribution < -0.4 is 10.1 Å². The van der Waals surface area contributed by atoms with Gasteiger partial charge in [-0.2, -0.15) is 8.78 Å². The number of halogens is 2. The Balaban J connectivity index is 2.17. The van der Waals surface area contributed by atoms with Crippen molar-refractivity contribution in [2.45, 2.75) is 6.61 Å². The summed E-state index contributed by atoms with van der Waals surface area (Å²) in [6.07, 6.45) is 0. The first-order chi connectivity index (χ1) is 9.60. The number of alkyl halides is 2. The minimum absolute atomic E-state index is 0.00248. The van der Waals surface area contributed by atoms with E-state index in [2.05, 4.69) is 19.8 Å². The molecule has 8 heteroatoms. The minimum atomic E-state index is -2.92. The van der Waals surface area contributed by atoms with Gasteiger partial charge in [0.1, 0.15) is 5.75 Å². The van der Waals surface area contributed by atoms with Crippen LogP contribution in [0.4, 0.5) is 19.6 Å². The Morgan fingerprint density at radius 1 is 1.40 bits per heavy atom. The van der Waals surface area contributed by atoms with Crippen LogP contribution in [0.5, 0.6) is 5.75 Å². The van der Waals surface area contributed by atoms with Gasteiger partial charge in [-0.1, -0.05) is 12.1 Å². The molecule has 2 aromatic rings. The van der Waals surface area contributed by atoms with Crippen LogP contribution in [0.3, 0.4) is 0 Å². The van der Waals surface area contributed by atoms with Crippen LogP contribution >= 0.6 is 11.3 Å². The summed E-state index contributed by atoms with van der Waals surface area (Å²) >= 11 is 1.15. The van der Waals surface area contributed by atoms with Crippen molar-refractivity contribution in [3.05, 3.63) is 35.3 Å². The zero-order valence-electron chi connectivity index (χ0n) is 10.3. The van der Waals surface area contributed by atoms with Crippen LogP contribution in [-0.2, 0) is 4.74 Å². The summed E-state index contributed by atoms with van der Waals surface area (Å²) < 4.78 is 33.5. The van der Waals surface area contributed by atoms with Crippen molar-refractivity contribution in [2.24, 2.45) is 0 Å². The Bertz CT molecular complexity index is 604. The number of nitrogens with zero attached hydrogens (tertiary/aromatic N) is 1. The standard InChI is InChI=1S/C12H10F2N2O3S/c1-18-10(17)8-6-20-12(16-8)15-7-4-2-3-5-9(7)19-11(13)14/h2-6,11H,1H3,(H,15,16). The second-order valence-electron chi connectivity index (χ2n) is 3.53. The molecule has 0 unspecified atom stereocenters. The number of rotatable bonds is 5. The Morgan fingerprint density at radius 2 is 2.15 bits per heavy atom. The molecule has 20 heavy (non-hydrogen) atoms. The molecule has 0 aliphatic carbocycles. The van der Waals surface area contributed by atoms with E-state index in [1.807, 2.05) is 0 Å². The lowest BCUT2D eigenvalue weighted by Gasteiger charge is -2.10. The molecule has 0 fully saturated rings. The highest BCUT2D eigenvalue weighted by Gasteiger charge is 2.13. The maximum Gasteiger partial charge on any atom is 0.387 e. The summed E-state index contributed by atoms with van der Waals surface area (Å²) in [6, 6.07) is 6.21. The summed E-state index contributed by atoms with van der Waals surface area (Å²) in [5.74, 6) is -0.566. The van der Waals surface area contributed by atoms with E-state index in [0.717, 1.165) is 11.3 Å². The molecule has 1 N–H and O–H groups in total. The number of aromatic nitrogens is 1. The number of nitrogens with one attached hydrogen (secondary N) is 1. The molecule has 1 aromatic carbocycles. The average molecular weight is 300 g/mol. The van der Waals surface area contributed by atoms with Crippen LogP contribution in [0.2, 0.25) is 0 Å². The first-order valence-corrected chi connectivity index (χ1v) is 6.33. The highest BCUT2D eigenvalue weighted by molar-refractivity contribution is 7.14. The Hall–Kier alpha value is -2.22. The molecule has 0 aliphatic heterocycles. The van der Waals surface area contributed by atoms with Gasteiger partial charge in [-0.15, -0.1) is 11.3 Å². The summed E-state index contributed by atoms with van der Waals surface area (Å²) in [4.78, 5) is 15.2. The van der Waals surface area contributed by atoms with Gasteiger partial charge in [0, 0.05) is 5.38 Å². The number of thiazole rings is 1. The van der Waals surface area contributed by atoms with Crippen LogP contribution in [0.1, 0.15) is 10.5 Å². The highest BCUT2D eigenvalue weighted by atomic mass is 32.1. The molecule has 0 aliphatic rings. The quantitative estimate of drug-likeness (QED) is 0.859. The molecule has 0 saturated heterocycles. The topological polar surface area (TPSA) is 60.5 Å². The number of benzene rings is 1. The predicted molar refractivity (Wildman–Crippen MR) is 69.8 cm³/mol. The maximum atomic E-state index is 12.3. The SMILES string of the molecule is COC(=O)c1csc(Nc2ccccc2OC(F)F)n1. The molecule has 0 amide bonds. The third-order valence-electron chi connectivity index (χ3n) is 2.24. The van der Waals surface area contributed by atoms with E-state index in [1.165, 1.54) is 18.6 Å². The number of methoxy groups -OCH3 is 1. The lowest BCUT2D eigenvalue weighted by molar-refractivity contribution is -0.0493. The molecule has 106 valence electrons. The fraction of sp³-hybridized carbons (Fsp3) is 0.167. The lowest BCUT2D eigenvalue weighted by Crippen LogP contribution is -2.05. The first-order valence-electron chi connectivity index (χ1n) is 5.45. The van der Waals surface area contributed by atoms with Crippen molar-refractivity contribution in [3.8, 4) is 5.75 Å². The third kappa shape index (κ3) is 3.41. The molecule has 2 rings (SSSR count). The van der Waals surface area contributed by atoms with E-state index < -0.39 is 12.6 Å². The number of carbonyl (C=O) groups excluding carboxylic acids is 1. The monoisotopic (exact) mass is 300 g/mol. The second-order valence-corrected chi connectivity index (χ2v) is 4.39. The van der Waals surface area contributed by atoms with E-state index in [4.69, 9.17) is 0 Å². The third-order valence-corrected chi connectivity index (χ3v) is 3.00. The molecule has 0 saturated carbocycles. The lowest BCUT2D eigenvalue weighted by atomic mass is 10.3. The molecule has 0 spiro atoms. The number of anilines is 2. The van der Waals surface area contributed by atoms with Crippen LogP contribution in [0.15, 0.2) is 29.6 Å². The number of ether oxygens (including phenoxy) is 2. The van der Waals surface area contributed by atoms with E-state index in [1.54, 1.807) is 18.2 Å². The van der Waals surface area contributed by atoms with Crippen molar-refractivity contribution in [3.63, 3.8) is 0 Å². The Kier molecular flexibility index (Phi) is 4.46. The van der Waals surface area contributed by atoms with Gasteiger partial charge in [0.2, 0.25) is 0 Å². The maximum absolute atomic E-state index is 12.3. The molecule has 0 atom stereocenters. The molecular weight excluding hydrogens is 290 g/mol. The predicted octanol–water partition coefficient (Wildman–Crippen LogP) is 3.27. The fourth-order valence-electron chi connectivity index (χ4n) is 1.41. The van der Waals surface area contributed by atoms with Crippen molar-refractivity contribution < 1.29 is 23.0 Å². The van der Waals surface area contributed by atoms with Gasteiger partial charge in [0.25, 0.3) is 0 Å². The van der Waals surface area contributed by atoms with Crippen LogP contribution in [0, 0.1) is 0 Å². The summed E-state index contributed by atoms with van der Waals surface area (Å²) in [5.41, 5.74) is 0.478. The Morgan fingerprint density at radius 3 is 2.85 bits per heavy atom. The van der Waals surface area contributed by atoms with Gasteiger partial charge in [0.15, 0.2) is 10.8 Å². The minimum Gasteiger partial charge on any atom is -0.464 e. The van der Waals surface area contributed by atoms with E-state index in [0.29, 0.717) is 10.8 Å². The van der Waals surface area contributed by atoms with Crippen molar-refractivity contribution >= 4 is 28.1 Å². The second kappa shape index (κ2) is 6.29. The molecular formula is C12H10F2N2O3S. The van der Waals surface area contributed by atoms with Gasteiger partial charge in [-0.3, -0.25) is 0 Å². The zero-order chi connectivity index (χ0) is 14.5. The number of carbonyl (C=O) groups is 1. The van der Waals surface area contributed by atoms with Crippen molar-refractivity contribution in [2.75, 3.05) is 12.4 Å². The smallest absolute Gasteiger partial charge is 0.387 e. The zero-order valence-corrected chi connectivity index (χ0v) is 11.1. The van der Waals surface area contributed by atoms with E-state index in [9.17, 15) is 13.6 Å². The fourth-order valence-corrected chi connectivity index (χ4v) is 2.11. The molecule has 0 bridgehead atoms. The molecule has 1 heterocycles. The number of hydrogen-bond donors (Lipinski definition) is 1. The summed E-state index contributed by atoms with van der Waals surface area (Å²) in [5, 5.41) is 4.69. The largest absolute Gasteiger partial charge is 0.464 e. The normalized spacial score (nSPS) is 10.4. The number of hydrogen-bond acceptors (Lipinski definition) is 6. The van der Waals surface area contributed by atoms with Gasteiger partial charge in [-0.05, 0) is 12.1 Å². The molecule has 1 aromatic heterocycles. The summed E-state index contributed by atoms with van der Waals surface area (Å²) in [7, 11) is 1.25. The molecule has 0 radical (unpaired) electrons. The molecule has 5 nitrogen and oxygen atoms in total. The van der Waals surface area contributed by atoms with Gasteiger partial charge < -0.3 is 14.8 Å². The van der Waals surface area contributed by atoms with E-state index >= 15 is 0 Å². The summed E-state index contributed by atoms with van der Waals surface area (Å²) in [6.45, 7) is -2.92. The van der Waals surface area contributed by atoms with Gasteiger partial charge in [-0.25, -0.2) is 9.78 Å². The van der Waals surface area contributed by atoms with Crippen LogP contribution in [-0.4, -0.2) is 24.7 Å². The highest BCUT2D eigenvalue weighted by Crippen LogP contribution is 2.30. The van der Waals surface area contributed by atoms with E-state index in [-0.39, 0.29) is 11.4 Å². The average Bonchev–Trinajstić information content (AvgIpc) is 2.88. The van der Waals surface area contributed by atoms with Gasteiger partial charge >= 0.3 is 12.6 Å². The first kappa shape index (κ1) is 14.2. The van der Waals surface area contributed by atoms with Crippen molar-refractivity contribution in [1.29, 1.82) is 0 Å². The number of para-hydroxylation sites is 2. The van der Waals surface area contributed by atoms with Gasteiger partial charge in [0.05, 0.1) is 12.8 Å². The Labute approximate surface area is 117 Å².